The number of nitrogens with one attached hydrogen (secondary N) is 2. The number of aryl methyl sites for hydroxylation is 1. The highest BCUT2D eigenvalue weighted by Gasteiger charge is 2.22. The van der Waals surface area contributed by atoms with E-state index in [-0.39, 0.29) is 18.2 Å². The Bertz CT molecular complexity index is 389. The predicted octanol–water partition coefficient (Wildman–Crippen LogP) is 1.75. The highest BCUT2D eigenvalue weighted by Crippen LogP contribution is 2.13. The maximum absolute atomic E-state index is 10.8. The van der Waals surface area contributed by atoms with Crippen LogP contribution in [-0.4, -0.2) is 25.3 Å². The topological polar surface area (TPSA) is 50.4 Å². The first-order valence-corrected chi connectivity index (χ1v) is 5.89. The Balaban J connectivity index is 1.82. The molecule has 0 bridgehead atoms. The first kappa shape index (κ1) is 11.9. The molecule has 1 aromatic carbocycles. The molecule has 2 atom stereocenters. The average Bonchev–Trinajstić information content (AvgIpc) is 2.73. The quantitative estimate of drug-likeness (QED) is 0.834. The van der Waals surface area contributed by atoms with Gasteiger partial charge in [-0.05, 0) is 19.4 Å². The molecule has 1 saturated heterocycles. The van der Waals surface area contributed by atoms with Crippen molar-refractivity contribution >= 4 is 6.09 Å². The van der Waals surface area contributed by atoms with Crippen LogP contribution in [0.15, 0.2) is 24.3 Å². The van der Waals surface area contributed by atoms with Crippen LogP contribution >= 0.6 is 0 Å². The summed E-state index contributed by atoms with van der Waals surface area (Å²) in [7, 11) is 0. The van der Waals surface area contributed by atoms with Crippen molar-refractivity contribution in [3.8, 4) is 0 Å². The number of ether oxygens (including phenoxy) is 1. The smallest absolute Gasteiger partial charge is 0.407 e. The van der Waals surface area contributed by atoms with Crippen molar-refractivity contribution in [2.45, 2.75) is 26.0 Å². The van der Waals surface area contributed by atoms with Crippen molar-refractivity contribution in [3.05, 3.63) is 35.4 Å². The fourth-order valence-electron chi connectivity index (χ4n) is 1.83. The van der Waals surface area contributed by atoms with Crippen LogP contribution in [0.1, 0.15) is 24.1 Å². The Kier molecular flexibility index (Phi) is 3.64. The zero-order chi connectivity index (χ0) is 12.3. The SMILES string of the molecule is Cc1ccc([C@H](C)NC[C@H]2CNC(=O)O2)cc1. The van der Waals surface area contributed by atoms with Crippen molar-refractivity contribution < 1.29 is 9.53 Å². The van der Waals surface area contributed by atoms with E-state index < -0.39 is 0 Å². The van der Waals surface area contributed by atoms with E-state index in [2.05, 4.69) is 48.7 Å². The summed E-state index contributed by atoms with van der Waals surface area (Å²) in [5, 5.41) is 6.00. The normalized spacial score (nSPS) is 20.8. The molecule has 1 amide bonds. The van der Waals surface area contributed by atoms with Crippen LogP contribution in [0.3, 0.4) is 0 Å². The zero-order valence-corrected chi connectivity index (χ0v) is 10.2. The summed E-state index contributed by atoms with van der Waals surface area (Å²) >= 11 is 0. The van der Waals surface area contributed by atoms with Gasteiger partial charge < -0.3 is 15.4 Å². The van der Waals surface area contributed by atoms with E-state index in [1.807, 2.05) is 0 Å². The number of hydrogen-bond donors (Lipinski definition) is 2. The van der Waals surface area contributed by atoms with Gasteiger partial charge in [-0.2, -0.15) is 0 Å². The lowest BCUT2D eigenvalue weighted by Crippen LogP contribution is -2.31. The van der Waals surface area contributed by atoms with E-state index in [1.165, 1.54) is 11.1 Å². The molecular formula is C13H18N2O2. The molecule has 0 aliphatic carbocycles. The fraction of sp³-hybridized carbons (Fsp3) is 0.462. The summed E-state index contributed by atoms with van der Waals surface area (Å²) < 4.78 is 5.05. The predicted molar refractivity (Wildman–Crippen MR) is 65.9 cm³/mol. The number of benzene rings is 1. The minimum absolute atomic E-state index is 0.0598. The summed E-state index contributed by atoms with van der Waals surface area (Å²) in [6, 6.07) is 8.70. The van der Waals surface area contributed by atoms with Crippen molar-refractivity contribution in [1.82, 2.24) is 10.6 Å². The second kappa shape index (κ2) is 5.19. The van der Waals surface area contributed by atoms with Gasteiger partial charge in [-0.15, -0.1) is 0 Å². The van der Waals surface area contributed by atoms with Crippen LogP contribution < -0.4 is 10.6 Å². The molecule has 17 heavy (non-hydrogen) atoms. The van der Waals surface area contributed by atoms with E-state index in [9.17, 15) is 4.79 Å². The molecule has 1 aromatic rings. The van der Waals surface area contributed by atoms with Crippen LogP contribution in [0.25, 0.3) is 0 Å². The van der Waals surface area contributed by atoms with E-state index in [0.29, 0.717) is 13.1 Å². The first-order chi connectivity index (χ1) is 8.15. The molecule has 1 fully saturated rings. The number of alkyl carbamates (subject to hydrolysis) is 1. The van der Waals surface area contributed by atoms with Gasteiger partial charge in [0, 0.05) is 12.6 Å². The summed E-state index contributed by atoms with van der Waals surface area (Å²) in [5.41, 5.74) is 2.50. The molecule has 92 valence electrons. The monoisotopic (exact) mass is 234 g/mol. The van der Waals surface area contributed by atoms with Crippen LogP contribution in [0, 0.1) is 6.92 Å². The lowest BCUT2D eigenvalue weighted by molar-refractivity contribution is 0.138. The van der Waals surface area contributed by atoms with Gasteiger partial charge in [0.2, 0.25) is 0 Å². The van der Waals surface area contributed by atoms with Crippen molar-refractivity contribution in [2.75, 3.05) is 13.1 Å². The molecule has 1 heterocycles. The third kappa shape index (κ3) is 3.20. The first-order valence-electron chi connectivity index (χ1n) is 5.89. The molecule has 2 N–H and O–H groups in total. The third-order valence-corrected chi connectivity index (χ3v) is 2.98. The highest BCUT2D eigenvalue weighted by atomic mass is 16.6. The molecular weight excluding hydrogens is 216 g/mol. The van der Waals surface area contributed by atoms with Crippen molar-refractivity contribution in [3.63, 3.8) is 0 Å². The second-order valence-electron chi connectivity index (χ2n) is 4.45. The number of rotatable bonds is 4. The highest BCUT2D eigenvalue weighted by molar-refractivity contribution is 5.69. The standard InChI is InChI=1S/C13H18N2O2/c1-9-3-5-11(6-4-9)10(2)14-7-12-8-15-13(16)17-12/h3-6,10,12,14H,7-8H2,1-2H3,(H,15,16)/t10-,12-/m0/s1. The lowest BCUT2D eigenvalue weighted by Gasteiger charge is -2.16. The number of carbonyl (C=O) groups excluding carboxylic acids is 1. The Labute approximate surface area is 101 Å². The maximum Gasteiger partial charge on any atom is 0.407 e. The Morgan fingerprint density at radius 2 is 2.18 bits per heavy atom. The van der Waals surface area contributed by atoms with Gasteiger partial charge in [-0.25, -0.2) is 4.79 Å². The van der Waals surface area contributed by atoms with Gasteiger partial charge in [0.25, 0.3) is 0 Å². The molecule has 1 aliphatic heterocycles. The Morgan fingerprint density at radius 1 is 1.47 bits per heavy atom. The van der Waals surface area contributed by atoms with Gasteiger partial charge in [0.05, 0.1) is 6.54 Å². The largest absolute Gasteiger partial charge is 0.443 e. The van der Waals surface area contributed by atoms with Crippen LogP contribution in [-0.2, 0) is 4.74 Å². The van der Waals surface area contributed by atoms with Gasteiger partial charge in [-0.1, -0.05) is 29.8 Å². The molecule has 0 spiro atoms. The molecule has 0 saturated carbocycles. The molecule has 4 nitrogen and oxygen atoms in total. The number of carbonyl (C=O) groups is 1. The van der Waals surface area contributed by atoms with E-state index in [4.69, 9.17) is 4.74 Å². The van der Waals surface area contributed by atoms with E-state index in [0.717, 1.165) is 0 Å². The molecule has 0 aromatic heterocycles. The summed E-state index contributed by atoms with van der Waals surface area (Å²) in [4.78, 5) is 10.8. The Hall–Kier alpha value is -1.55. The van der Waals surface area contributed by atoms with Gasteiger partial charge in [0.1, 0.15) is 6.10 Å². The van der Waals surface area contributed by atoms with Gasteiger partial charge >= 0.3 is 6.09 Å². The van der Waals surface area contributed by atoms with Crippen LogP contribution in [0.5, 0.6) is 0 Å². The zero-order valence-electron chi connectivity index (χ0n) is 10.2. The molecule has 4 heteroatoms. The van der Waals surface area contributed by atoms with E-state index in [1.54, 1.807) is 0 Å². The fourth-order valence-corrected chi connectivity index (χ4v) is 1.83. The summed E-state index contributed by atoms with van der Waals surface area (Å²) in [5.74, 6) is 0. The van der Waals surface area contributed by atoms with Crippen LogP contribution in [0.2, 0.25) is 0 Å². The maximum atomic E-state index is 10.8. The molecule has 0 radical (unpaired) electrons. The van der Waals surface area contributed by atoms with Crippen LogP contribution in [0.4, 0.5) is 4.79 Å². The summed E-state index contributed by atoms with van der Waals surface area (Å²) in [6.07, 6.45) is -0.379. The lowest BCUT2D eigenvalue weighted by atomic mass is 10.1. The number of hydrogen-bond acceptors (Lipinski definition) is 3. The number of amides is 1. The summed E-state index contributed by atoms with van der Waals surface area (Å²) in [6.45, 7) is 5.45. The molecule has 2 rings (SSSR count). The van der Waals surface area contributed by atoms with Gasteiger partial charge in [-0.3, -0.25) is 0 Å². The van der Waals surface area contributed by atoms with Gasteiger partial charge in [0.15, 0.2) is 0 Å². The molecule has 1 aliphatic rings. The Morgan fingerprint density at radius 3 is 2.76 bits per heavy atom. The third-order valence-electron chi connectivity index (χ3n) is 2.98. The van der Waals surface area contributed by atoms with E-state index >= 15 is 0 Å². The minimum atomic E-state index is -0.320. The van der Waals surface area contributed by atoms with Crippen molar-refractivity contribution in [1.29, 1.82) is 0 Å². The molecule has 0 unspecified atom stereocenters. The van der Waals surface area contributed by atoms with Crippen molar-refractivity contribution in [2.24, 2.45) is 0 Å². The average molecular weight is 234 g/mol. The minimum Gasteiger partial charge on any atom is -0.443 e. The number of cyclic esters (lactones) is 1. The second-order valence-corrected chi connectivity index (χ2v) is 4.45.